The Kier molecular flexibility index (Phi) is 8.51. The van der Waals surface area contributed by atoms with E-state index in [1.807, 2.05) is 87.5 Å². The minimum Gasteiger partial charge on any atom is -0.481 e. The molecule has 39 heavy (non-hydrogen) atoms. The van der Waals surface area contributed by atoms with Crippen LogP contribution in [0.2, 0.25) is 0 Å². The predicted molar refractivity (Wildman–Crippen MR) is 153 cm³/mol. The van der Waals surface area contributed by atoms with Gasteiger partial charge in [0.05, 0.1) is 5.92 Å². The molecule has 0 fully saturated rings. The molecule has 4 rings (SSSR count). The quantitative estimate of drug-likeness (QED) is 0.209. The van der Waals surface area contributed by atoms with Crippen molar-refractivity contribution in [1.82, 2.24) is 4.98 Å². The van der Waals surface area contributed by atoms with Crippen LogP contribution in [0.15, 0.2) is 84.9 Å². The number of anilines is 2. The Morgan fingerprint density at radius 3 is 2.18 bits per heavy atom. The summed E-state index contributed by atoms with van der Waals surface area (Å²) in [7, 11) is 0. The molecule has 0 saturated heterocycles. The lowest BCUT2D eigenvalue weighted by Gasteiger charge is -2.13. The first kappa shape index (κ1) is 27.3. The second-order valence-corrected chi connectivity index (χ2v) is 9.64. The number of rotatable bonds is 9. The van der Waals surface area contributed by atoms with E-state index in [1.54, 1.807) is 18.2 Å². The number of carboxylic acid groups (broad SMARTS) is 1. The van der Waals surface area contributed by atoms with Crippen molar-refractivity contribution < 1.29 is 19.5 Å². The summed E-state index contributed by atoms with van der Waals surface area (Å²) in [6, 6.07) is 25.3. The SMILES string of the molecule is Cc1ccc(NC(=O)Nc2ccc(-c3ccc(C(=O)CC(Cc4ccccc4)C(=O)O)cc3)c(C)n2)cc1C. The number of nitrogens with zero attached hydrogens (tertiary/aromatic N) is 1. The maximum Gasteiger partial charge on any atom is 0.324 e. The second kappa shape index (κ2) is 12.2. The number of aromatic nitrogens is 1. The minimum atomic E-state index is -0.984. The third-order valence-corrected chi connectivity index (χ3v) is 6.72. The third kappa shape index (κ3) is 7.17. The molecule has 4 aromatic rings. The van der Waals surface area contributed by atoms with Gasteiger partial charge in [-0.3, -0.25) is 14.9 Å². The lowest BCUT2D eigenvalue weighted by Crippen LogP contribution is -2.20. The van der Waals surface area contributed by atoms with Crippen molar-refractivity contribution in [2.45, 2.75) is 33.6 Å². The fourth-order valence-corrected chi connectivity index (χ4v) is 4.36. The van der Waals surface area contributed by atoms with Gasteiger partial charge >= 0.3 is 12.0 Å². The maximum absolute atomic E-state index is 12.9. The molecule has 7 nitrogen and oxygen atoms in total. The fourth-order valence-electron chi connectivity index (χ4n) is 4.36. The minimum absolute atomic E-state index is 0.0747. The number of carboxylic acids is 1. The van der Waals surface area contributed by atoms with E-state index in [0.29, 0.717) is 29.2 Å². The van der Waals surface area contributed by atoms with Crippen LogP contribution in [0, 0.1) is 26.7 Å². The van der Waals surface area contributed by atoms with Crippen molar-refractivity contribution >= 4 is 29.3 Å². The van der Waals surface area contributed by atoms with Gasteiger partial charge in [0.1, 0.15) is 5.82 Å². The van der Waals surface area contributed by atoms with E-state index in [0.717, 1.165) is 27.8 Å². The number of aliphatic carboxylic acids is 1. The van der Waals surface area contributed by atoms with Gasteiger partial charge < -0.3 is 10.4 Å². The van der Waals surface area contributed by atoms with Crippen LogP contribution in [0.25, 0.3) is 11.1 Å². The van der Waals surface area contributed by atoms with Crippen LogP contribution in [0.5, 0.6) is 0 Å². The van der Waals surface area contributed by atoms with Crippen molar-refractivity contribution in [3.8, 4) is 11.1 Å². The molecule has 3 aromatic carbocycles. The Bertz CT molecular complexity index is 1500. The van der Waals surface area contributed by atoms with E-state index >= 15 is 0 Å². The summed E-state index contributed by atoms with van der Waals surface area (Å²) < 4.78 is 0. The number of ketones is 1. The number of hydrogen-bond acceptors (Lipinski definition) is 4. The second-order valence-electron chi connectivity index (χ2n) is 9.64. The lowest BCUT2D eigenvalue weighted by atomic mass is 9.91. The van der Waals surface area contributed by atoms with Gasteiger partial charge in [-0.1, -0.05) is 60.7 Å². The zero-order valence-corrected chi connectivity index (χ0v) is 22.2. The van der Waals surface area contributed by atoms with Crippen LogP contribution in [0.4, 0.5) is 16.3 Å². The van der Waals surface area contributed by atoms with E-state index in [2.05, 4.69) is 15.6 Å². The Labute approximate surface area is 227 Å². The van der Waals surface area contributed by atoms with Crippen molar-refractivity contribution in [2.24, 2.45) is 5.92 Å². The number of urea groups is 1. The molecule has 198 valence electrons. The first-order valence-electron chi connectivity index (χ1n) is 12.7. The standard InChI is InChI=1S/C32H31N3O4/c1-20-9-14-27(17-21(20)2)34-32(39)35-30-16-15-28(22(3)33-30)24-10-12-25(13-11-24)29(36)19-26(31(37)38)18-23-7-5-4-6-8-23/h4-17,26H,18-19H2,1-3H3,(H,37,38)(H2,33,34,35,39). The molecular weight excluding hydrogens is 490 g/mol. The smallest absolute Gasteiger partial charge is 0.324 e. The highest BCUT2D eigenvalue weighted by molar-refractivity contribution is 6.00. The predicted octanol–water partition coefficient (Wildman–Crippen LogP) is 6.83. The number of nitrogens with one attached hydrogen (secondary N) is 2. The molecule has 0 radical (unpaired) electrons. The number of amides is 2. The van der Waals surface area contributed by atoms with E-state index < -0.39 is 11.9 Å². The summed E-state index contributed by atoms with van der Waals surface area (Å²) >= 11 is 0. The van der Waals surface area contributed by atoms with Crippen molar-refractivity contribution in [3.63, 3.8) is 0 Å². The average molecular weight is 522 g/mol. The number of benzene rings is 3. The molecular formula is C32H31N3O4. The Balaban J connectivity index is 1.39. The lowest BCUT2D eigenvalue weighted by molar-refractivity contribution is -0.141. The molecule has 2 amide bonds. The van der Waals surface area contributed by atoms with Gasteiger partial charge in [0.15, 0.2) is 5.78 Å². The monoisotopic (exact) mass is 521 g/mol. The normalized spacial score (nSPS) is 11.5. The van der Waals surface area contributed by atoms with Gasteiger partial charge in [0.2, 0.25) is 0 Å². The van der Waals surface area contributed by atoms with Crippen LogP contribution in [-0.4, -0.2) is 27.9 Å². The molecule has 1 atom stereocenters. The Hall–Kier alpha value is -4.78. The fraction of sp³-hybridized carbons (Fsp3) is 0.188. The van der Waals surface area contributed by atoms with E-state index in [4.69, 9.17) is 0 Å². The Morgan fingerprint density at radius 2 is 1.54 bits per heavy atom. The summed E-state index contributed by atoms with van der Waals surface area (Å²) in [6.45, 7) is 5.85. The van der Waals surface area contributed by atoms with Gasteiger partial charge in [-0.15, -0.1) is 0 Å². The van der Waals surface area contributed by atoms with Crippen molar-refractivity contribution in [2.75, 3.05) is 10.6 Å². The summed E-state index contributed by atoms with van der Waals surface area (Å²) in [6.07, 6.45) is 0.225. The molecule has 0 spiro atoms. The zero-order chi connectivity index (χ0) is 27.9. The molecule has 0 bridgehead atoms. The first-order valence-corrected chi connectivity index (χ1v) is 12.7. The average Bonchev–Trinajstić information content (AvgIpc) is 2.91. The summed E-state index contributed by atoms with van der Waals surface area (Å²) in [5, 5.41) is 15.2. The van der Waals surface area contributed by atoms with Crippen LogP contribution in [0.3, 0.4) is 0 Å². The van der Waals surface area contributed by atoms with E-state index in [9.17, 15) is 19.5 Å². The van der Waals surface area contributed by atoms with Crippen LogP contribution >= 0.6 is 0 Å². The third-order valence-electron chi connectivity index (χ3n) is 6.72. The molecule has 7 heteroatoms. The highest BCUT2D eigenvalue weighted by Crippen LogP contribution is 2.25. The highest BCUT2D eigenvalue weighted by atomic mass is 16.4. The summed E-state index contributed by atoms with van der Waals surface area (Å²) in [5.41, 5.74) is 6.73. The largest absolute Gasteiger partial charge is 0.481 e. The van der Waals surface area contributed by atoms with Crippen LogP contribution in [-0.2, 0) is 11.2 Å². The van der Waals surface area contributed by atoms with E-state index in [-0.39, 0.29) is 18.2 Å². The molecule has 0 aliphatic rings. The first-order chi connectivity index (χ1) is 18.7. The topological polar surface area (TPSA) is 108 Å². The molecule has 3 N–H and O–H groups in total. The molecule has 0 aliphatic carbocycles. The number of Topliss-reactive ketones (excluding diaryl/α,β-unsaturated/α-hetero) is 1. The van der Waals surface area contributed by atoms with Gasteiger partial charge in [0.25, 0.3) is 0 Å². The number of pyridine rings is 1. The van der Waals surface area contributed by atoms with Crippen LogP contribution < -0.4 is 10.6 Å². The Morgan fingerprint density at radius 1 is 0.821 bits per heavy atom. The molecule has 1 heterocycles. The van der Waals surface area contributed by atoms with Gasteiger partial charge in [-0.05, 0) is 73.7 Å². The zero-order valence-electron chi connectivity index (χ0n) is 22.2. The van der Waals surface area contributed by atoms with Crippen molar-refractivity contribution in [3.05, 3.63) is 113 Å². The number of carbonyl (C=O) groups excluding carboxylic acids is 2. The van der Waals surface area contributed by atoms with Crippen LogP contribution in [0.1, 0.15) is 39.2 Å². The van der Waals surface area contributed by atoms with Gasteiger partial charge in [-0.2, -0.15) is 0 Å². The van der Waals surface area contributed by atoms with Crippen molar-refractivity contribution in [1.29, 1.82) is 0 Å². The molecule has 0 aliphatic heterocycles. The maximum atomic E-state index is 12.9. The molecule has 0 saturated carbocycles. The number of aryl methyl sites for hydroxylation is 3. The summed E-state index contributed by atoms with van der Waals surface area (Å²) in [4.78, 5) is 41.6. The molecule has 1 unspecified atom stereocenters. The number of carbonyl (C=O) groups is 3. The molecule has 1 aromatic heterocycles. The highest BCUT2D eigenvalue weighted by Gasteiger charge is 2.22. The van der Waals surface area contributed by atoms with E-state index in [1.165, 1.54) is 0 Å². The summed E-state index contributed by atoms with van der Waals surface area (Å²) in [5.74, 6) is -1.57. The van der Waals surface area contributed by atoms with Gasteiger partial charge in [-0.25, -0.2) is 9.78 Å². The number of hydrogen-bond donors (Lipinski definition) is 3. The van der Waals surface area contributed by atoms with Gasteiger partial charge in [0, 0.05) is 28.9 Å².